The van der Waals surface area contributed by atoms with Gasteiger partial charge in [0.15, 0.2) is 11.8 Å². The molecule has 2 aliphatic rings. The zero-order valence-electron chi connectivity index (χ0n) is 19.9. The number of hydrogen-bond donors (Lipinski definition) is 1. The van der Waals surface area contributed by atoms with E-state index >= 15 is 0 Å². The van der Waals surface area contributed by atoms with Crippen LogP contribution >= 0.6 is 11.6 Å². The van der Waals surface area contributed by atoms with E-state index in [-0.39, 0.29) is 24.2 Å². The fraction of sp³-hybridized carbons (Fsp3) is 0.296. The Morgan fingerprint density at radius 2 is 1.72 bits per heavy atom. The molecule has 4 heterocycles. The number of amides is 1. The maximum Gasteiger partial charge on any atom is 0.296 e. The number of carbonyl (C=O) groups is 1. The number of halogens is 1. The molecular weight excluding hydrogens is 480 g/mol. The molecule has 0 radical (unpaired) electrons. The molecule has 3 atom stereocenters. The minimum atomic E-state index is -0.199. The van der Waals surface area contributed by atoms with Gasteiger partial charge in [0.2, 0.25) is 0 Å². The number of carbonyl (C=O) groups excluding carboxylic acids is 1. The van der Waals surface area contributed by atoms with Gasteiger partial charge in [-0.25, -0.2) is 4.98 Å². The fourth-order valence-electron chi connectivity index (χ4n) is 4.71. The summed E-state index contributed by atoms with van der Waals surface area (Å²) < 4.78 is 17.5. The highest BCUT2D eigenvalue weighted by Gasteiger charge is 2.43. The van der Waals surface area contributed by atoms with Gasteiger partial charge in [0.1, 0.15) is 6.10 Å². The van der Waals surface area contributed by atoms with Gasteiger partial charge in [0, 0.05) is 31.8 Å². The number of aromatic nitrogens is 3. The van der Waals surface area contributed by atoms with E-state index in [2.05, 4.69) is 9.97 Å². The number of hydrogen-bond acceptors (Lipinski definition) is 6. The summed E-state index contributed by atoms with van der Waals surface area (Å²) in [4.78, 5) is 26.1. The molecule has 0 spiro atoms. The molecule has 2 aromatic carbocycles. The van der Waals surface area contributed by atoms with Crippen LogP contribution < -0.4 is 4.74 Å². The van der Waals surface area contributed by atoms with Crippen LogP contribution in [0.1, 0.15) is 16.8 Å². The summed E-state index contributed by atoms with van der Waals surface area (Å²) in [5.74, 6) is -0.0208. The summed E-state index contributed by atoms with van der Waals surface area (Å²) in [7, 11) is 3.48. The third-order valence-corrected chi connectivity index (χ3v) is 6.91. The van der Waals surface area contributed by atoms with Crippen molar-refractivity contribution < 1.29 is 19.0 Å². The van der Waals surface area contributed by atoms with Crippen LogP contribution in [0.4, 0.5) is 0 Å². The smallest absolute Gasteiger partial charge is 0.296 e. The Bertz CT molecular complexity index is 1420. The fourth-order valence-corrected chi connectivity index (χ4v) is 4.97. The lowest BCUT2D eigenvalue weighted by Crippen LogP contribution is -2.32. The quantitative estimate of drug-likeness (QED) is 0.428. The SMILES string of the molecule is CN(C)C(=O)c1ccc(-c2ccc(-c3nc4nc(OC5CO[C@@H]6CCO[C@H]56)[nH]c4cc3Cl)cc2)cc1. The Labute approximate surface area is 213 Å². The van der Waals surface area contributed by atoms with Crippen LogP contribution in [0.25, 0.3) is 33.5 Å². The molecule has 2 saturated heterocycles. The number of benzene rings is 2. The zero-order valence-corrected chi connectivity index (χ0v) is 20.7. The van der Waals surface area contributed by atoms with Crippen molar-refractivity contribution in [3.8, 4) is 28.4 Å². The lowest BCUT2D eigenvalue weighted by atomic mass is 10.0. The van der Waals surface area contributed by atoms with Gasteiger partial charge in [-0.15, -0.1) is 0 Å². The van der Waals surface area contributed by atoms with Crippen molar-refractivity contribution in [3.05, 3.63) is 65.2 Å². The average molecular weight is 505 g/mol. The number of imidazole rings is 1. The number of H-pyrrole nitrogens is 1. The molecule has 1 N–H and O–H groups in total. The molecule has 0 bridgehead atoms. The van der Waals surface area contributed by atoms with E-state index in [9.17, 15) is 4.79 Å². The molecule has 0 saturated carbocycles. The van der Waals surface area contributed by atoms with Gasteiger partial charge in [-0.3, -0.25) is 4.79 Å². The van der Waals surface area contributed by atoms with Crippen molar-refractivity contribution in [3.63, 3.8) is 0 Å². The lowest BCUT2D eigenvalue weighted by molar-refractivity contribution is 0.0273. The molecule has 1 amide bonds. The number of fused-ring (bicyclic) bond motifs is 2. The molecule has 2 aliphatic heterocycles. The summed E-state index contributed by atoms with van der Waals surface area (Å²) in [6.07, 6.45) is 0.731. The van der Waals surface area contributed by atoms with E-state index in [1.165, 1.54) is 0 Å². The minimum absolute atomic E-state index is 0.0208. The van der Waals surface area contributed by atoms with Crippen molar-refractivity contribution in [2.45, 2.75) is 24.7 Å². The van der Waals surface area contributed by atoms with Gasteiger partial charge in [-0.2, -0.15) is 4.98 Å². The Balaban J connectivity index is 1.22. The van der Waals surface area contributed by atoms with E-state index in [0.29, 0.717) is 46.7 Å². The number of nitrogens with one attached hydrogen (secondary N) is 1. The lowest BCUT2D eigenvalue weighted by Gasteiger charge is -2.15. The van der Waals surface area contributed by atoms with Gasteiger partial charge < -0.3 is 24.1 Å². The number of rotatable bonds is 5. The summed E-state index contributed by atoms with van der Waals surface area (Å²) in [5, 5.41) is 0.514. The van der Waals surface area contributed by atoms with E-state index in [0.717, 1.165) is 23.1 Å². The van der Waals surface area contributed by atoms with Crippen molar-refractivity contribution in [2.24, 2.45) is 0 Å². The van der Waals surface area contributed by atoms with E-state index < -0.39 is 0 Å². The summed E-state index contributed by atoms with van der Waals surface area (Å²) in [6, 6.07) is 17.7. The topological polar surface area (TPSA) is 89.6 Å². The predicted molar refractivity (Wildman–Crippen MR) is 136 cm³/mol. The first-order valence-electron chi connectivity index (χ1n) is 11.8. The largest absolute Gasteiger partial charge is 0.456 e. The Hall–Kier alpha value is -3.46. The van der Waals surface area contributed by atoms with Crippen LogP contribution in [-0.4, -0.2) is 71.4 Å². The van der Waals surface area contributed by atoms with Gasteiger partial charge in [0.05, 0.1) is 28.9 Å². The molecule has 1 unspecified atom stereocenters. The molecule has 36 heavy (non-hydrogen) atoms. The molecule has 8 nitrogen and oxygen atoms in total. The number of ether oxygens (including phenoxy) is 3. The molecule has 184 valence electrons. The second-order valence-corrected chi connectivity index (χ2v) is 9.65. The zero-order chi connectivity index (χ0) is 24.8. The molecule has 2 fully saturated rings. The number of nitrogens with zero attached hydrogens (tertiary/aromatic N) is 3. The van der Waals surface area contributed by atoms with Gasteiger partial charge in [0.25, 0.3) is 11.9 Å². The van der Waals surface area contributed by atoms with Crippen LogP contribution in [0.2, 0.25) is 5.02 Å². The first-order chi connectivity index (χ1) is 17.5. The maximum absolute atomic E-state index is 12.1. The molecule has 2 aromatic heterocycles. The second-order valence-electron chi connectivity index (χ2n) is 9.24. The normalized spacial score (nSPS) is 21.0. The van der Waals surface area contributed by atoms with Crippen LogP contribution in [0.3, 0.4) is 0 Å². The van der Waals surface area contributed by atoms with E-state index in [1.807, 2.05) is 54.6 Å². The van der Waals surface area contributed by atoms with Crippen LogP contribution in [-0.2, 0) is 9.47 Å². The second kappa shape index (κ2) is 9.20. The molecular formula is C27H25ClN4O4. The van der Waals surface area contributed by atoms with Crippen LogP contribution in [0, 0.1) is 0 Å². The van der Waals surface area contributed by atoms with Crippen molar-refractivity contribution in [2.75, 3.05) is 27.3 Å². The monoisotopic (exact) mass is 504 g/mol. The van der Waals surface area contributed by atoms with Gasteiger partial charge in [-0.1, -0.05) is 48.0 Å². The standard InChI is InChI=1S/C27H25ClN4O4/c1-32(2)26(33)18-9-5-16(6-10-18)15-3-7-17(8-4-15)23-19(28)13-20-25(30-23)31-27(29-20)36-22-14-35-21-11-12-34-24(21)22/h3-10,13,21-22,24H,11-12,14H2,1-2H3,(H,29,30,31)/t21-,22?,24+/m1/s1. The molecule has 4 aromatic rings. The summed E-state index contributed by atoms with van der Waals surface area (Å²) in [6.45, 7) is 1.17. The highest BCUT2D eigenvalue weighted by atomic mass is 35.5. The van der Waals surface area contributed by atoms with Gasteiger partial charge in [-0.05, 0) is 35.7 Å². The van der Waals surface area contributed by atoms with Crippen molar-refractivity contribution in [1.82, 2.24) is 19.9 Å². The van der Waals surface area contributed by atoms with Gasteiger partial charge >= 0.3 is 0 Å². The molecule has 9 heteroatoms. The van der Waals surface area contributed by atoms with Crippen LogP contribution in [0.5, 0.6) is 6.01 Å². The van der Waals surface area contributed by atoms with Crippen molar-refractivity contribution in [1.29, 1.82) is 0 Å². The Morgan fingerprint density at radius 1 is 1.03 bits per heavy atom. The third-order valence-electron chi connectivity index (χ3n) is 6.62. The maximum atomic E-state index is 12.1. The summed E-state index contributed by atoms with van der Waals surface area (Å²) >= 11 is 6.59. The highest BCUT2D eigenvalue weighted by Crippen LogP contribution is 2.33. The van der Waals surface area contributed by atoms with E-state index in [4.69, 9.17) is 30.8 Å². The number of pyridine rings is 1. The Morgan fingerprint density at radius 3 is 2.44 bits per heavy atom. The molecule has 6 rings (SSSR count). The third kappa shape index (κ3) is 4.21. The average Bonchev–Trinajstić information content (AvgIpc) is 3.60. The molecule has 0 aliphatic carbocycles. The predicted octanol–water partition coefficient (Wildman–Crippen LogP) is 4.58. The highest BCUT2D eigenvalue weighted by molar-refractivity contribution is 6.33. The number of aromatic amines is 1. The summed E-state index contributed by atoms with van der Waals surface area (Å²) in [5.41, 5.74) is 5.45. The van der Waals surface area contributed by atoms with Crippen LogP contribution in [0.15, 0.2) is 54.6 Å². The first kappa shape index (κ1) is 23.0. The first-order valence-corrected chi connectivity index (χ1v) is 12.2. The van der Waals surface area contributed by atoms with E-state index in [1.54, 1.807) is 19.0 Å². The minimum Gasteiger partial charge on any atom is -0.456 e. The van der Waals surface area contributed by atoms with Crippen molar-refractivity contribution >= 4 is 28.7 Å². The Kier molecular flexibility index (Phi) is 5.87.